The zero-order chi connectivity index (χ0) is 30.2. The lowest BCUT2D eigenvalue weighted by molar-refractivity contribution is -0.139. The van der Waals surface area contributed by atoms with Gasteiger partial charge in [-0.2, -0.15) is 0 Å². The van der Waals surface area contributed by atoms with Gasteiger partial charge in [0.15, 0.2) is 0 Å². The fourth-order valence-corrected chi connectivity index (χ4v) is 5.76. The molecule has 0 saturated carbocycles. The smallest absolute Gasteiger partial charge is 0.264 e. The molecule has 3 aromatic carbocycles. The van der Waals surface area contributed by atoms with Gasteiger partial charge in [0.25, 0.3) is 10.0 Å². The van der Waals surface area contributed by atoms with Gasteiger partial charge in [0.05, 0.1) is 17.2 Å². The summed E-state index contributed by atoms with van der Waals surface area (Å²) in [6, 6.07) is 19.2. The highest BCUT2D eigenvalue weighted by Crippen LogP contribution is 2.33. The van der Waals surface area contributed by atoms with Gasteiger partial charge in [-0.3, -0.25) is 13.9 Å². The molecule has 0 spiro atoms. The van der Waals surface area contributed by atoms with Crippen LogP contribution < -0.4 is 14.4 Å². The van der Waals surface area contributed by atoms with Crippen LogP contribution in [-0.2, 0) is 26.2 Å². The summed E-state index contributed by atoms with van der Waals surface area (Å²) in [5, 5.41) is 3.31. The number of nitrogens with zero attached hydrogens (tertiary/aromatic N) is 2. The minimum absolute atomic E-state index is 0.0142. The lowest BCUT2D eigenvalue weighted by Crippen LogP contribution is -2.51. The van der Waals surface area contributed by atoms with Crippen LogP contribution in [0.1, 0.15) is 38.8 Å². The van der Waals surface area contributed by atoms with Gasteiger partial charge in [0, 0.05) is 18.1 Å². The topological polar surface area (TPSA) is 96.0 Å². The van der Waals surface area contributed by atoms with Crippen LogP contribution in [0.15, 0.2) is 77.7 Å². The molecule has 3 rings (SSSR count). The van der Waals surface area contributed by atoms with Crippen molar-refractivity contribution in [1.29, 1.82) is 0 Å². The number of halogens is 1. The highest BCUT2D eigenvalue weighted by Gasteiger charge is 2.34. The number of carbonyl (C=O) groups excluding carboxylic acids is 2. The van der Waals surface area contributed by atoms with Gasteiger partial charge >= 0.3 is 0 Å². The predicted octanol–water partition coefficient (Wildman–Crippen LogP) is 5.43. The van der Waals surface area contributed by atoms with Gasteiger partial charge in [-0.05, 0) is 62.6 Å². The molecule has 220 valence electrons. The van der Waals surface area contributed by atoms with E-state index in [0.717, 1.165) is 9.87 Å². The first kappa shape index (κ1) is 32.0. The molecule has 0 aliphatic rings. The molecule has 0 unspecified atom stereocenters. The van der Waals surface area contributed by atoms with Gasteiger partial charge in [0.1, 0.15) is 18.3 Å². The number of benzene rings is 3. The van der Waals surface area contributed by atoms with Crippen LogP contribution in [-0.4, -0.2) is 50.9 Å². The van der Waals surface area contributed by atoms with Crippen molar-refractivity contribution in [1.82, 2.24) is 10.2 Å². The molecule has 1 atom stereocenters. The van der Waals surface area contributed by atoms with Gasteiger partial charge in [0.2, 0.25) is 11.8 Å². The molecule has 0 bridgehead atoms. The molecule has 2 amide bonds. The van der Waals surface area contributed by atoms with Crippen molar-refractivity contribution in [2.24, 2.45) is 5.92 Å². The van der Waals surface area contributed by atoms with Crippen molar-refractivity contribution in [3.05, 3.63) is 88.9 Å². The van der Waals surface area contributed by atoms with E-state index in [1.165, 1.54) is 17.0 Å². The molecule has 3 aromatic rings. The number of ether oxygens (including phenoxy) is 1. The second-order valence-electron chi connectivity index (χ2n) is 10.2. The molecule has 0 aromatic heterocycles. The molecule has 0 fully saturated rings. The average Bonchev–Trinajstić information content (AvgIpc) is 2.94. The zero-order valence-corrected chi connectivity index (χ0v) is 25.7. The van der Waals surface area contributed by atoms with E-state index in [4.69, 9.17) is 16.3 Å². The highest BCUT2D eigenvalue weighted by molar-refractivity contribution is 7.92. The quantitative estimate of drug-likeness (QED) is 0.283. The molecule has 0 heterocycles. The number of hydrogen-bond donors (Lipinski definition) is 1. The molecule has 1 N–H and O–H groups in total. The zero-order valence-electron chi connectivity index (χ0n) is 24.1. The van der Waals surface area contributed by atoms with Crippen LogP contribution in [0.5, 0.6) is 5.75 Å². The van der Waals surface area contributed by atoms with E-state index in [9.17, 15) is 18.0 Å². The Hall–Kier alpha value is -3.56. The number of aryl methyl sites for hydroxylation is 1. The molecular weight excluding hydrogens is 562 g/mol. The molecule has 0 saturated heterocycles. The van der Waals surface area contributed by atoms with Crippen molar-refractivity contribution < 1.29 is 22.7 Å². The Morgan fingerprint density at radius 1 is 0.951 bits per heavy atom. The Balaban J connectivity index is 2.07. The number of amides is 2. The number of para-hydroxylation sites is 2. The fraction of sp³-hybridized carbons (Fsp3) is 0.355. The average molecular weight is 600 g/mol. The van der Waals surface area contributed by atoms with E-state index < -0.39 is 28.5 Å². The monoisotopic (exact) mass is 599 g/mol. The maximum absolute atomic E-state index is 14.1. The molecule has 10 heteroatoms. The summed E-state index contributed by atoms with van der Waals surface area (Å²) >= 11 is 6.42. The normalized spacial score (nSPS) is 12.1. The molecule has 0 radical (unpaired) electrons. The number of sulfonamides is 1. The van der Waals surface area contributed by atoms with Crippen LogP contribution in [0.3, 0.4) is 0 Å². The Labute approximate surface area is 248 Å². The third kappa shape index (κ3) is 8.24. The molecular formula is C31H38ClN3O5S. The summed E-state index contributed by atoms with van der Waals surface area (Å²) in [5.41, 5.74) is 1.75. The van der Waals surface area contributed by atoms with E-state index in [-0.39, 0.29) is 29.0 Å². The second-order valence-corrected chi connectivity index (χ2v) is 12.4. The number of rotatable bonds is 13. The highest BCUT2D eigenvalue weighted by atomic mass is 35.5. The van der Waals surface area contributed by atoms with Gasteiger partial charge in [-0.25, -0.2) is 8.42 Å². The number of nitrogens with one attached hydrogen (secondary N) is 1. The maximum atomic E-state index is 14.1. The first-order valence-electron chi connectivity index (χ1n) is 13.6. The van der Waals surface area contributed by atoms with E-state index in [2.05, 4.69) is 5.32 Å². The van der Waals surface area contributed by atoms with Gasteiger partial charge in [-0.1, -0.05) is 73.5 Å². The maximum Gasteiger partial charge on any atom is 0.264 e. The summed E-state index contributed by atoms with van der Waals surface area (Å²) in [6.45, 7) is 9.42. The van der Waals surface area contributed by atoms with Crippen LogP contribution in [0.2, 0.25) is 5.02 Å². The molecule has 8 nitrogen and oxygen atoms in total. The van der Waals surface area contributed by atoms with E-state index in [1.54, 1.807) is 74.5 Å². The standard InChI is InChI=1S/C31H38ClN3O5S/c1-6-40-29-14-10-9-13-28(29)35(41(38,39)26-17-15-23(4)16-18-26)21-30(36)34(20-25-11-7-8-12-27(25)32)24(5)31(37)33-19-22(2)3/h7-18,22,24H,6,19-21H2,1-5H3,(H,33,37)/t24-/m1/s1. The van der Waals surface area contributed by atoms with Crippen molar-refractivity contribution in [2.75, 3.05) is 24.0 Å². The molecule has 0 aliphatic carbocycles. The Bertz CT molecular complexity index is 1440. The van der Waals surface area contributed by atoms with E-state index in [0.29, 0.717) is 29.5 Å². The third-order valence-electron chi connectivity index (χ3n) is 6.47. The summed E-state index contributed by atoms with van der Waals surface area (Å²) in [7, 11) is -4.21. The summed E-state index contributed by atoms with van der Waals surface area (Å²) in [6.07, 6.45) is 0. The second kappa shape index (κ2) is 14.4. The Morgan fingerprint density at radius 2 is 1.59 bits per heavy atom. The van der Waals surface area contributed by atoms with Crippen LogP contribution in [0.25, 0.3) is 0 Å². The Kier molecular flexibility index (Phi) is 11.2. The van der Waals surface area contributed by atoms with Crippen LogP contribution in [0, 0.1) is 12.8 Å². The number of anilines is 1. The largest absolute Gasteiger partial charge is 0.492 e. The van der Waals surface area contributed by atoms with E-state index >= 15 is 0 Å². The Morgan fingerprint density at radius 3 is 2.22 bits per heavy atom. The van der Waals surface area contributed by atoms with Crippen molar-refractivity contribution in [3.8, 4) is 5.75 Å². The van der Waals surface area contributed by atoms with Crippen LogP contribution >= 0.6 is 11.6 Å². The van der Waals surface area contributed by atoms with Crippen molar-refractivity contribution >= 4 is 39.1 Å². The minimum atomic E-state index is -4.21. The fourth-order valence-electron chi connectivity index (χ4n) is 4.14. The number of carbonyl (C=O) groups is 2. The summed E-state index contributed by atoms with van der Waals surface area (Å²) < 4.78 is 34.9. The first-order valence-corrected chi connectivity index (χ1v) is 15.4. The third-order valence-corrected chi connectivity index (χ3v) is 8.61. The summed E-state index contributed by atoms with van der Waals surface area (Å²) in [4.78, 5) is 28.6. The SMILES string of the molecule is CCOc1ccccc1N(CC(=O)N(Cc1ccccc1Cl)[C@H](C)C(=O)NCC(C)C)S(=O)(=O)c1ccc(C)cc1. The van der Waals surface area contributed by atoms with E-state index in [1.807, 2.05) is 20.8 Å². The lowest BCUT2D eigenvalue weighted by Gasteiger charge is -2.32. The minimum Gasteiger partial charge on any atom is -0.492 e. The van der Waals surface area contributed by atoms with Crippen LogP contribution in [0.4, 0.5) is 5.69 Å². The van der Waals surface area contributed by atoms with Gasteiger partial charge < -0.3 is 15.0 Å². The molecule has 0 aliphatic heterocycles. The predicted molar refractivity (Wildman–Crippen MR) is 163 cm³/mol. The molecule has 41 heavy (non-hydrogen) atoms. The van der Waals surface area contributed by atoms with Gasteiger partial charge in [-0.15, -0.1) is 0 Å². The number of hydrogen-bond acceptors (Lipinski definition) is 5. The lowest BCUT2D eigenvalue weighted by atomic mass is 10.1. The van der Waals surface area contributed by atoms with Crippen molar-refractivity contribution in [3.63, 3.8) is 0 Å². The first-order chi connectivity index (χ1) is 19.4. The van der Waals surface area contributed by atoms with Crippen molar-refractivity contribution in [2.45, 2.75) is 52.1 Å². The summed E-state index contributed by atoms with van der Waals surface area (Å²) in [5.74, 6) is -0.385.